The molecule has 6 unspecified atom stereocenters. The molecule has 57 heavy (non-hydrogen) atoms. The molecule has 0 saturated heterocycles. The Morgan fingerprint density at radius 1 is 0.947 bits per heavy atom. The van der Waals surface area contributed by atoms with E-state index in [2.05, 4.69) is 38.6 Å². The van der Waals surface area contributed by atoms with Crippen molar-refractivity contribution >= 4 is 11.6 Å². The number of likely N-dealkylation sites (N-methyl/N-ethyl adjacent to an activating group) is 1. The Kier molecular flexibility index (Phi) is 12.6. The number of carbonyl (C=O) groups excluding carboxylic acids is 1. The predicted molar refractivity (Wildman–Crippen MR) is 217 cm³/mol. The minimum absolute atomic E-state index is 0.0946. The van der Waals surface area contributed by atoms with E-state index < -0.39 is 17.7 Å². The van der Waals surface area contributed by atoms with Crippen LogP contribution in [0.25, 0.3) is 0 Å². The van der Waals surface area contributed by atoms with Gasteiger partial charge in [0.25, 0.3) is 5.91 Å². The first-order chi connectivity index (χ1) is 27.7. The Bertz CT molecular complexity index is 1990. The molecule has 0 aromatic heterocycles. The van der Waals surface area contributed by atoms with Gasteiger partial charge in [-0.3, -0.25) is 4.79 Å². The lowest BCUT2D eigenvalue weighted by atomic mass is 9.55. The summed E-state index contributed by atoms with van der Waals surface area (Å²) in [6.07, 6.45) is 9.11. The van der Waals surface area contributed by atoms with Crippen LogP contribution in [0.3, 0.4) is 0 Å². The van der Waals surface area contributed by atoms with Crippen molar-refractivity contribution in [2.75, 3.05) is 40.3 Å². The predicted octanol–water partition coefficient (Wildman–Crippen LogP) is 8.25. The minimum Gasteiger partial charge on any atom is -0.459 e. The molecule has 4 aliphatic rings. The number of aliphatic hydroxyl groups excluding tert-OH is 2. The van der Waals surface area contributed by atoms with Crippen molar-refractivity contribution in [3.63, 3.8) is 0 Å². The van der Waals surface area contributed by atoms with E-state index in [0.717, 1.165) is 53.8 Å². The molecular weight excluding hydrogens is 725 g/mol. The number of rotatable bonds is 17. The largest absolute Gasteiger partial charge is 0.459 e. The highest BCUT2D eigenvalue weighted by Crippen LogP contribution is 2.62. The van der Waals surface area contributed by atoms with E-state index in [9.17, 15) is 15.0 Å². The first-order valence-corrected chi connectivity index (χ1v) is 20.3. The third-order valence-electron chi connectivity index (χ3n) is 12.1. The topological polar surface area (TPSA) is 129 Å². The molecule has 2 N–H and O–H groups in total. The van der Waals surface area contributed by atoms with E-state index in [0.29, 0.717) is 54.4 Å². The lowest BCUT2D eigenvalue weighted by molar-refractivity contribution is -0.252. The Labute approximate surface area is 335 Å². The summed E-state index contributed by atoms with van der Waals surface area (Å²) in [4.78, 5) is 22.1. The molecule has 2 heterocycles. The number of carbonyl (C=O) groups is 1. The zero-order valence-electron chi connectivity index (χ0n) is 33.6. The fourth-order valence-corrected chi connectivity index (χ4v) is 9.22. The maximum absolute atomic E-state index is 14.6. The van der Waals surface area contributed by atoms with Crippen molar-refractivity contribution in [3.05, 3.63) is 101 Å². The van der Waals surface area contributed by atoms with Crippen molar-refractivity contribution in [2.24, 2.45) is 22.9 Å². The molecular formula is C46H56N2O9. The minimum atomic E-state index is -1.36. The van der Waals surface area contributed by atoms with Crippen molar-refractivity contribution in [2.45, 2.75) is 83.5 Å². The van der Waals surface area contributed by atoms with Crippen LogP contribution in [-0.2, 0) is 9.57 Å². The smallest absolute Gasteiger partial charge is 0.254 e. The van der Waals surface area contributed by atoms with Gasteiger partial charge in [-0.05, 0) is 124 Å². The molecule has 304 valence electrons. The number of nitrogens with zero attached hydrogens (tertiary/aromatic N) is 2. The molecule has 0 radical (unpaired) electrons. The number of amides is 1. The van der Waals surface area contributed by atoms with Crippen molar-refractivity contribution in [1.82, 2.24) is 4.90 Å². The molecule has 2 aliphatic heterocycles. The number of hydrogen-bond acceptors (Lipinski definition) is 10. The maximum Gasteiger partial charge on any atom is 0.254 e. The molecule has 3 aromatic carbocycles. The number of oxime groups is 1. The lowest BCUT2D eigenvalue weighted by Gasteiger charge is -2.59. The van der Waals surface area contributed by atoms with Crippen LogP contribution >= 0.6 is 0 Å². The van der Waals surface area contributed by atoms with E-state index in [1.54, 1.807) is 36.2 Å². The summed E-state index contributed by atoms with van der Waals surface area (Å²) in [6, 6.07) is 16.7. The summed E-state index contributed by atoms with van der Waals surface area (Å²) >= 11 is 0. The van der Waals surface area contributed by atoms with Gasteiger partial charge in [0.05, 0.1) is 18.2 Å². The lowest BCUT2D eigenvalue weighted by Crippen LogP contribution is -2.69. The first kappa shape index (κ1) is 40.4. The Balaban J connectivity index is 1.41. The van der Waals surface area contributed by atoms with Crippen LogP contribution in [0, 0.1) is 31.6 Å². The number of unbranched alkanes of at least 4 members (excludes halogenated alkanes) is 2. The van der Waals surface area contributed by atoms with E-state index >= 15 is 0 Å². The molecule has 11 nitrogen and oxygen atoms in total. The molecule has 11 heteroatoms. The Morgan fingerprint density at radius 3 is 2.44 bits per heavy atom. The number of aryl methyl sites for hydroxylation is 2. The third-order valence-corrected chi connectivity index (χ3v) is 12.1. The molecule has 0 bridgehead atoms. The van der Waals surface area contributed by atoms with Crippen LogP contribution in [0.15, 0.2) is 84.1 Å². The van der Waals surface area contributed by atoms with E-state index in [1.165, 1.54) is 5.56 Å². The van der Waals surface area contributed by atoms with Gasteiger partial charge in [-0.15, -0.1) is 6.58 Å². The van der Waals surface area contributed by atoms with Crippen molar-refractivity contribution < 1.29 is 43.5 Å². The average Bonchev–Trinajstić information content (AvgIpc) is 3.70. The summed E-state index contributed by atoms with van der Waals surface area (Å²) in [5.41, 5.74) is 5.50. The third kappa shape index (κ3) is 8.02. The van der Waals surface area contributed by atoms with E-state index in [4.69, 9.17) is 33.7 Å². The van der Waals surface area contributed by atoms with Crippen molar-refractivity contribution in [1.29, 1.82) is 0 Å². The van der Waals surface area contributed by atoms with Gasteiger partial charge in [0.2, 0.25) is 12.6 Å². The van der Waals surface area contributed by atoms with Crippen LogP contribution in [0.1, 0.15) is 84.8 Å². The normalized spacial score (nSPS) is 24.8. The molecule has 1 amide bonds. The summed E-state index contributed by atoms with van der Waals surface area (Å²) in [7, 11) is 1.79. The van der Waals surface area contributed by atoms with Crippen LogP contribution in [0.5, 0.6) is 28.7 Å². The molecule has 3 aromatic rings. The molecule has 2 aliphatic carbocycles. The monoisotopic (exact) mass is 780 g/mol. The molecule has 0 spiro atoms. The van der Waals surface area contributed by atoms with Gasteiger partial charge in [0.15, 0.2) is 11.5 Å². The van der Waals surface area contributed by atoms with E-state index in [1.807, 2.05) is 31.2 Å². The van der Waals surface area contributed by atoms with Gasteiger partial charge in [-0.25, -0.2) is 0 Å². The molecule has 1 saturated carbocycles. The van der Waals surface area contributed by atoms with E-state index in [-0.39, 0.29) is 50.3 Å². The molecule has 7 rings (SSSR count). The Hall–Kier alpha value is -4.84. The summed E-state index contributed by atoms with van der Waals surface area (Å²) in [6.45, 7) is 11.0. The standard InChI is InChI=1S/C46H56N2O9/c1-6-22-54-46-42(48(5)45(51)32-15-18-40-41(25-32)53-28-52-40)27-38(47-55-7-2)36-24-31(12-8-10-20-49)35(13-9-11-21-50)43(44(36)46)37-26-34(17-19-39(37)57-46)56-33-16-14-29(3)30(4)23-33/h6,14-19,23-26,31,35,42-44,49-50H,1,7-13,20-22,27-28H2,2-5H3. The number of fused-ring (bicyclic) bond motifs is 3. The number of allylic oxidation sites excluding steroid dienone is 1. The number of benzene rings is 3. The average molecular weight is 781 g/mol. The Morgan fingerprint density at radius 2 is 1.68 bits per heavy atom. The summed E-state index contributed by atoms with van der Waals surface area (Å²) < 4.78 is 32.0. The highest BCUT2D eigenvalue weighted by atomic mass is 16.7. The second-order valence-electron chi connectivity index (χ2n) is 15.5. The van der Waals surface area contributed by atoms with Crippen LogP contribution in [0.4, 0.5) is 0 Å². The van der Waals surface area contributed by atoms with Gasteiger partial charge in [-0.1, -0.05) is 36.2 Å². The van der Waals surface area contributed by atoms with Gasteiger partial charge in [-0.2, -0.15) is 0 Å². The van der Waals surface area contributed by atoms with Gasteiger partial charge in [0, 0.05) is 43.7 Å². The van der Waals surface area contributed by atoms with Gasteiger partial charge in [0.1, 0.15) is 29.9 Å². The second kappa shape index (κ2) is 17.7. The first-order valence-electron chi connectivity index (χ1n) is 20.3. The zero-order chi connectivity index (χ0) is 40.1. The maximum atomic E-state index is 14.6. The van der Waals surface area contributed by atoms with Gasteiger partial charge >= 0.3 is 0 Å². The highest BCUT2D eigenvalue weighted by Gasteiger charge is 2.65. The number of aliphatic hydroxyl groups is 2. The summed E-state index contributed by atoms with van der Waals surface area (Å²) in [5.74, 6) is 1.26. The fourth-order valence-electron chi connectivity index (χ4n) is 9.22. The highest BCUT2D eigenvalue weighted by molar-refractivity contribution is 6.03. The quantitative estimate of drug-likeness (QED) is 0.0791. The second-order valence-corrected chi connectivity index (χ2v) is 15.5. The van der Waals surface area contributed by atoms with Crippen LogP contribution in [-0.4, -0.2) is 78.8 Å². The molecule has 1 fully saturated rings. The zero-order valence-corrected chi connectivity index (χ0v) is 33.6. The van der Waals surface area contributed by atoms with Gasteiger partial charge < -0.3 is 43.6 Å². The molecule has 6 atom stereocenters. The van der Waals surface area contributed by atoms with Crippen molar-refractivity contribution in [3.8, 4) is 28.7 Å². The van der Waals surface area contributed by atoms with Crippen LogP contribution < -0.4 is 18.9 Å². The number of ether oxygens (including phenoxy) is 5. The summed E-state index contributed by atoms with van der Waals surface area (Å²) in [5, 5.41) is 24.5. The van der Waals surface area contributed by atoms with Crippen LogP contribution in [0.2, 0.25) is 0 Å². The SMILES string of the molecule is C=CCOC12Oc3ccc(Oc4ccc(C)c(C)c4)cc3C3C(CCCCO)C(CCCCO)C=C(C(=NOCC)CC1N(C)C(=O)c1ccc4c(c1)OCO4)C32. The number of hydrogen-bond donors (Lipinski definition) is 2. The fraction of sp³-hybridized carbons (Fsp3) is 0.478.